The van der Waals surface area contributed by atoms with Crippen molar-refractivity contribution in [3.63, 3.8) is 0 Å². The minimum Gasteiger partial charge on any atom is -0.438 e. The smallest absolute Gasteiger partial charge is 0.223 e. The zero-order chi connectivity index (χ0) is 12.3. The molecule has 0 spiro atoms. The van der Waals surface area contributed by atoms with Crippen LogP contribution in [-0.2, 0) is 6.54 Å². The topological polar surface area (TPSA) is 48.1 Å². The lowest BCUT2D eigenvalue weighted by Gasteiger charge is -2.09. The average molecular weight is 314 g/mol. The molecule has 0 aliphatic carbocycles. The molecule has 17 heavy (non-hydrogen) atoms. The Morgan fingerprint density at radius 2 is 2.18 bits per heavy atom. The van der Waals surface area contributed by atoms with E-state index in [0.717, 1.165) is 10.0 Å². The molecule has 3 nitrogen and oxygen atoms in total. The van der Waals surface area contributed by atoms with Crippen LogP contribution in [0.5, 0.6) is 11.6 Å². The molecular weight excluding hydrogens is 304 g/mol. The second kappa shape index (κ2) is 5.49. The van der Waals surface area contributed by atoms with Crippen molar-refractivity contribution in [1.82, 2.24) is 4.98 Å². The van der Waals surface area contributed by atoms with Crippen LogP contribution in [0.15, 0.2) is 41.0 Å². The SMILES string of the molecule is NCc1cccnc1Oc1ccc(Cl)cc1Br. The summed E-state index contributed by atoms with van der Waals surface area (Å²) >= 11 is 9.24. The van der Waals surface area contributed by atoms with Gasteiger partial charge in [0, 0.05) is 23.3 Å². The van der Waals surface area contributed by atoms with Crippen molar-refractivity contribution in [1.29, 1.82) is 0 Å². The second-order valence-corrected chi connectivity index (χ2v) is 4.64. The van der Waals surface area contributed by atoms with Gasteiger partial charge in [-0.15, -0.1) is 0 Å². The lowest BCUT2D eigenvalue weighted by molar-refractivity contribution is 0.453. The zero-order valence-corrected chi connectivity index (χ0v) is 11.2. The van der Waals surface area contributed by atoms with E-state index in [9.17, 15) is 0 Å². The maximum atomic E-state index is 5.86. The van der Waals surface area contributed by atoms with Gasteiger partial charge in [-0.2, -0.15) is 0 Å². The zero-order valence-electron chi connectivity index (χ0n) is 8.86. The summed E-state index contributed by atoms with van der Waals surface area (Å²) in [6.45, 7) is 0.383. The Morgan fingerprint density at radius 3 is 2.88 bits per heavy atom. The molecule has 0 fully saturated rings. The number of aromatic nitrogens is 1. The van der Waals surface area contributed by atoms with Gasteiger partial charge in [-0.3, -0.25) is 0 Å². The number of benzene rings is 1. The van der Waals surface area contributed by atoms with Crippen molar-refractivity contribution in [2.45, 2.75) is 6.54 Å². The van der Waals surface area contributed by atoms with E-state index < -0.39 is 0 Å². The lowest BCUT2D eigenvalue weighted by Crippen LogP contribution is -2.00. The van der Waals surface area contributed by atoms with Crippen LogP contribution in [0, 0.1) is 0 Å². The molecule has 0 saturated carbocycles. The standard InChI is InChI=1S/C12H10BrClN2O/c13-10-6-9(14)3-4-11(10)17-12-8(7-15)2-1-5-16-12/h1-6H,7,15H2. The number of ether oxygens (including phenoxy) is 1. The first kappa shape index (κ1) is 12.4. The highest BCUT2D eigenvalue weighted by Crippen LogP contribution is 2.32. The van der Waals surface area contributed by atoms with Gasteiger partial charge in [-0.25, -0.2) is 4.98 Å². The number of pyridine rings is 1. The molecule has 0 bridgehead atoms. The molecule has 0 amide bonds. The number of nitrogens with two attached hydrogens (primary N) is 1. The molecule has 1 aromatic heterocycles. The summed E-state index contributed by atoms with van der Waals surface area (Å²) in [5, 5.41) is 0.643. The van der Waals surface area contributed by atoms with Crippen molar-refractivity contribution in [3.8, 4) is 11.6 Å². The van der Waals surface area contributed by atoms with E-state index in [2.05, 4.69) is 20.9 Å². The fourth-order valence-electron chi connectivity index (χ4n) is 1.33. The number of nitrogens with zero attached hydrogens (tertiary/aromatic N) is 1. The minimum absolute atomic E-state index is 0.383. The van der Waals surface area contributed by atoms with Gasteiger partial charge in [0.1, 0.15) is 5.75 Å². The predicted octanol–water partition coefficient (Wildman–Crippen LogP) is 3.75. The first-order valence-electron chi connectivity index (χ1n) is 4.97. The summed E-state index contributed by atoms with van der Waals surface area (Å²) in [6, 6.07) is 9.01. The minimum atomic E-state index is 0.383. The molecule has 5 heteroatoms. The summed E-state index contributed by atoms with van der Waals surface area (Å²) in [4.78, 5) is 4.15. The molecule has 0 saturated heterocycles. The maximum absolute atomic E-state index is 5.86. The highest BCUT2D eigenvalue weighted by Gasteiger charge is 2.07. The van der Waals surface area contributed by atoms with Gasteiger partial charge in [-0.05, 0) is 40.2 Å². The molecule has 0 atom stereocenters. The maximum Gasteiger partial charge on any atom is 0.223 e. The van der Waals surface area contributed by atoms with Gasteiger partial charge in [0.2, 0.25) is 5.88 Å². The molecular formula is C12H10BrClN2O. The van der Waals surface area contributed by atoms with E-state index in [1.54, 1.807) is 24.4 Å². The Labute approximate surface area is 113 Å². The first-order chi connectivity index (χ1) is 8.20. The van der Waals surface area contributed by atoms with Gasteiger partial charge in [0.25, 0.3) is 0 Å². The van der Waals surface area contributed by atoms with Gasteiger partial charge in [-0.1, -0.05) is 17.7 Å². The fourth-order valence-corrected chi connectivity index (χ4v) is 2.10. The van der Waals surface area contributed by atoms with Gasteiger partial charge < -0.3 is 10.5 Å². The van der Waals surface area contributed by atoms with Crippen molar-refractivity contribution in [3.05, 3.63) is 51.6 Å². The third-order valence-electron chi connectivity index (χ3n) is 2.17. The molecule has 2 rings (SSSR count). The quantitative estimate of drug-likeness (QED) is 0.939. The van der Waals surface area contributed by atoms with Crippen molar-refractivity contribution in [2.24, 2.45) is 5.73 Å². The van der Waals surface area contributed by atoms with Gasteiger partial charge in [0.15, 0.2) is 0 Å². The summed E-state index contributed by atoms with van der Waals surface area (Å²) in [5.41, 5.74) is 6.47. The highest BCUT2D eigenvalue weighted by molar-refractivity contribution is 9.10. The van der Waals surface area contributed by atoms with Crippen LogP contribution in [0.1, 0.15) is 5.56 Å². The highest BCUT2D eigenvalue weighted by atomic mass is 79.9. The molecule has 88 valence electrons. The Morgan fingerprint density at radius 1 is 1.35 bits per heavy atom. The number of rotatable bonds is 3. The average Bonchev–Trinajstić information content (AvgIpc) is 2.33. The molecule has 2 N–H and O–H groups in total. The predicted molar refractivity (Wildman–Crippen MR) is 71.4 cm³/mol. The molecule has 1 heterocycles. The van der Waals surface area contributed by atoms with E-state index >= 15 is 0 Å². The van der Waals surface area contributed by atoms with E-state index in [1.165, 1.54) is 0 Å². The van der Waals surface area contributed by atoms with Gasteiger partial charge >= 0.3 is 0 Å². The molecule has 1 aromatic carbocycles. The Bertz CT molecular complexity index is 534. The molecule has 0 aliphatic rings. The van der Waals surface area contributed by atoms with Crippen LogP contribution in [0.3, 0.4) is 0 Å². The fraction of sp³-hybridized carbons (Fsp3) is 0.0833. The summed E-state index contributed by atoms with van der Waals surface area (Å²) in [6.07, 6.45) is 1.66. The van der Waals surface area contributed by atoms with Crippen molar-refractivity contribution in [2.75, 3.05) is 0 Å². The number of hydrogen-bond acceptors (Lipinski definition) is 3. The lowest BCUT2D eigenvalue weighted by atomic mass is 10.3. The molecule has 2 aromatic rings. The summed E-state index contributed by atoms with van der Waals surface area (Å²) in [5.74, 6) is 1.17. The van der Waals surface area contributed by atoms with Crippen LogP contribution in [-0.4, -0.2) is 4.98 Å². The van der Waals surface area contributed by atoms with Crippen LogP contribution in [0.2, 0.25) is 5.02 Å². The van der Waals surface area contributed by atoms with Gasteiger partial charge in [0.05, 0.1) is 4.47 Å². The van der Waals surface area contributed by atoms with E-state index in [4.69, 9.17) is 22.1 Å². The Balaban J connectivity index is 2.31. The Hall–Kier alpha value is -1.10. The van der Waals surface area contributed by atoms with Crippen LogP contribution in [0.25, 0.3) is 0 Å². The van der Waals surface area contributed by atoms with Crippen LogP contribution >= 0.6 is 27.5 Å². The third-order valence-corrected chi connectivity index (χ3v) is 3.03. The summed E-state index contributed by atoms with van der Waals surface area (Å²) in [7, 11) is 0. The Kier molecular flexibility index (Phi) is 3.99. The van der Waals surface area contributed by atoms with Crippen molar-refractivity contribution >= 4 is 27.5 Å². The molecule has 0 unspecified atom stereocenters. The van der Waals surface area contributed by atoms with E-state index in [1.807, 2.05) is 12.1 Å². The van der Waals surface area contributed by atoms with Crippen LogP contribution < -0.4 is 10.5 Å². The van der Waals surface area contributed by atoms with E-state index in [0.29, 0.717) is 23.2 Å². The normalized spacial score (nSPS) is 10.3. The van der Waals surface area contributed by atoms with E-state index in [-0.39, 0.29) is 0 Å². The van der Waals surface area contributed by atoms with Crippen LogP contribution in [0.4, 0.5) is 0 Å². The number of hydrogen-bond donors (Lipinski definition) is 1. The molecule has 0 radical (unpaired) electrons. The monoisotopic (exact) mass is 312 g/mol. The first-order valence-corrected chi connectivity index (χ1v) is 6.14. The molecule has 0 aliphatic heterocycles. The third kappa shape index (κ3) is 2.97. The summed E-state index contributed by atoms with van der Waals surface area (Å²) < 4.78 is 6.47. The van der Waals surface area contributed by atoms with Crippen molar-refractivity contribution < 1.29 is 4.74 Å². The second-order valence-electron chi connectivity index (χ2n) is 3.35. The number of halogens is 2. The largest absolute Gasteiger partial charge is 0.438 e.